The zero-order valence-corrected chi connectivity index (χ0v) is 30.4. The SMILES string of the molecule is CC(C)(C)OC(=O)N[C@H]1CCCCC/C=C\[C@H]2C[C@@]2(C(=O)NS(=O)(=O)C2CC2)NC(=O)[C@@H]2C[C@@H](OC(=O)c3ccc(-n4cccn4)cc3)CN2C1=O. The number of hydrogen-bond acceptors (Lipinski definition) is 10. The van der Waals surface area contributed by atoms with Crippen LogP contribution in [0.3, 0.4) is 0 Å². The first-order valence-corrected chi connectivity index (χ1v) is 19.4. The van der Waals surface area contributed by atoms with E-state index in [0.29, 0.717) is 25.7 Å². The van der Waals surface area contributed by atoms with Crippen LogP contribution in [-0.2, 0) is 33.9 Å². The van der Waals surface area contributed by atoms with Gasteiger partial charge in [-0.05, 0) is 89.6 Å². The third kappa shape index (κ3) is 8.65. The minimum absolute atomic E-state index is 0.0909. The maximum Gasteiger partial charge on any atom is 0.408 e. The number of carbonyl (C=O) groups excluding carboxylic acids is 5. The van der Waals surface area contributed by atoms with Crippen molar-refractivity contribution >= 4 is 39.8 Å². The van der Waals surface area contributed by atoms with Crippen molar-refractivity contribution in [3.05, 3.63) is 60.4 Å². The van der Waals surface area contributed by atoms with Crippen LogP contribution in [-0.4, -0.2) is 94.0 Å². The molecule has 0 spiro atoms. The first-order valence-electron chi connectivity index (χ1n) is 17.8. The number of allylic oxidation sites excluding steroid dienone is 1. The Balaban J connectivity index is 1.25. The number of hydrogen-bond donors (Lipinski definition) is 3. The standard InChI is InChI=1S/C36H46N6O9S/c1-35(2,3)51-34(47)38-28-11-8-6-4-5-7-10-24-21-36(24,33(46)40-52(48,49)27-16-17-27)39-30(43)29-20-26(22-41(29)31(28)44)50-32(45)23-12-14-25(15-13-23)42-19-9-18-37-42/h7,9-10,12-15,18-19,24,26-29H,4-6,8,11,16-17,20-22H2,1-3H3,(H,38,47)(H,39,43)(H,40,46)/b10-7-/t24-,26+,28-,29-,36+/m0/s1. The van der Waals surface area contributed by atoms with Gasteiger partial charge >= 0.3 is 12.1 Å². The van der Waals surface area contributed by atoms with Gasteiger partial charge in [-0.2, -0.15) is 5.10 Å². The quantitative estimate of drug-likeness (QED) is 0.281. The lowest BCUT2D eigenvalue weighted by atomic mass is 10.0. The Morgan fingerprint density at radius 1 is 1.04 bits per heavy atom. The second-order valence-electron chi connectivity index (χ2n) is 15.0. The van der Waals surface area contributed by atoms with Gasteiger partial charge in [-0.1, -0.05) is 25.0 Å². The van der Waals surface area contributed by atoms with E-state index in [-0.39, 0.29) is 31.4 Å². The predicted molar refractivity (Wildman–Crippen MR) is 187 cm³/mol. The number of amides is 4. The molecule has 0 bridgehead atoms. The zero-order valence-electron chi connectivity index (χ0n) is 29.6. The van der Waals surface area contributed by atoms with Crippen molar-refractivity contribution in [2.24, 2.45) is 5.92 Å². The fraction of sp³-hybridized carbons (Fsp3) is 0.556. The summed E-state index contributed by atoms with van der Waals surface area (Å²) in [6.45, 7) is 4.96. The molecule has 1 saturated heterocycles. The smallest absolute Gasteiger partial charge is 0.408 e. The van der Waals surface area contributed by atoms with Crippen LogP contribution in [0.1, 0.15) is 88.9 Å². The average Bonchev–Trinajstić information content (AvgIpc) is 3.94. The molecule has 3 heterocycles. The van der Waals surface area contributed by atoms with Crippen LogP contribution in [0.4, 0.5) is 4.79 Å². The molecule has 6 rings (SSSR count). The van der Waals surface area contributed by atoms with Gasteiger partial charge in [0.05, 0.1) is 23.0 Å². The van der Waals surface area contributed by atoms with Crippen molar-refractivity contribution in [2.45, 2.75) is 113 Å². The molecule has 52 heavy (non-hydrogen) atoms. The van der Waals surface area contributed by atoms with E-state index < -0.39 is 80.3 Å². The number of aromatic nitrogens is 2. The third-order valence-corrected chi connectivity index (χ3v) is 11.5. The average molecular weight is 739 g/mol. The van der Waals surface area contributed by atoms with Gasteiger partial charge in [0.2, 0.25) is 21.8 Å². The molecular formula is C36H46N6O9S. The van der Waals surface area contributed by atoms with Crippen molar-refractivity contribution < 1.29 is 41.9 Å². The van der Waals surface area contributed by atoms with E-state index >= 15 is 0 Å². The number of alkyl carbamates (subject to hydrolysis) is 1. The third-order valence-electron chi connectivity index (χ3n) is 9.68. The number of fused-ring (bicyclic) bond motifs is 2. The second kappa shape index (κ2) is 14.7. The van der Waals surface area contributed by atoms with Gasteiger partial charge in [0.1, 0.15) is 29.3 Å². The monoisotopic (exact) mass is 738 g/mol. The molecule has 3 fully saturated rings. The molecule has 1 aromatic heterocycles. The molecule has 3 N–H and O–H groups in total. The molecule has 5 atom stereocenters. The van der Waals surface area contributed by atoms with Gasteiger partial charge in [0, 0.05) is 24.7 Å². The lowest BCUT2D eigenvalue weighted by Crippen LogP contribution is -2.58. The van der Waals surface area contributed by atoms with Gasteiger partial charge in [-0.3, -0.25) is 19.1 Å². The van der Waals surface area contributed by atoms with Gasteiger partial charge in [-0.25, -0.2) is 22.7 Å². The Morgan fingerprint density at radius 2 is 1.79 bits per heavy atom. The molecule has 0 radical (unpaired) electrons. The number of nitrogens with one attached hydrogen (secondary N) is 3. The molecule has 2 aliphatic carbocycles. The predicted octanol–water partition coefficient (Wildman–Crippen LogP) is 2.90. The number of esters is 1. The van der Waals surface area contributed by atoms with Gasteiger partial charge in [0.15, 0.2) is 0 Å². The van der Waals surface area contributed by atoms with Crippen molar-refractivity contribution in [1.82, 2.24) is 30.0 Å². The highest BCUT2D eigenvalue weighted by atomic mass is 32.2. The molecule has 4 amide bonds. The molecule has 1 aromatic carbocycles. The number of rotatable bonds is 7. The lowest BCUT2D eigenvalue weighted by molar-refractivity contribution is -0.141. The van der Waals surface area contributed by atoms with Crippen molar-refractivity contribution in [3.8, 4) is 5.69 Å². The van der Waals surface area contributed by atoms with Crippen LogP contribution >= 0.6 is 0 Å². The van der Waals surface area contributed by atoms with E-state index in [0.717, 1.165) is 18.5 Å². The van der Waals surface area contributed by atoms with Crippen molar-refractivity contribution in [1.29, 1.82) is 0 Å². The van der Waals surface area contributed by atoms with Gasteiger partial charge in [-0.15, -0.1) is 0 Å². The Labute approximate surface area is 302 Å². The summed E-state index contributed by atoms with van der Waals surface area (Å²) < 4.78 is 40.6. The van der Waals surface area contributed by atoms with E-state index in [1.807, 2.05) is 12.2 Å². The highest BCUT2D eigenvalue weighted by Crippen LogP contribution is 2.46. The van der Waals surface area contributed by atoms with E-state index in [1.54, 1.807) is 68.2 Å². The first-order chi connectivity index (χ1) is 24.6. The zero-order chi connectivity index (χ0) is 37.3. The number of benzene rings is 1. The summed E-state index contributed by atoms with van der Waals surface area (Å²) >= 11 is 0. The Bertz CT molecular complexity index is 1820. The number of sulfonamides is 1. The largest absolute Gasteiger partial charge is 0.457 e. The van der Waals surface area contributed by atoms with Crippen LogP contribution in [0.5, 0.6) is 0 Å². The lowest BCUT2D eigenvalue weighted by Gasteiger charge is -2.30. The number of nitrogens with zero attached hydrogens (tertiary/aromatic N) is 3. The molecule has 2 aromatic rings. The first kappa shape index (κ1) is 37.0. The van der Waals surface area contributed by atoms with Crippen LogP contribution in [0, 0.1) is 5.92 Å². The number of ether oxygens (including phenoxy) is 2. The molecule has 280 valence electrons. The van der Waals surface area contributed by atoms with Crippen molar-refractivity contribution in [3.63, 3.8) is 0 Å². The van der Waals surface area contributed by atoms with E-state index in [4.69, 9.17) is 9.47 Å². The fourth-order valence-electron chi connectivity index (χ4n) is 6.69. The molecule has 16 heteroatoms. The Kier molecular flexibility index (Phi) is 10.5. The highest BCUT2D eigenvalue weighted by molar-refractivity contribution is 7.91. The minimum Gasteiger partial charge on any atom is -0.457 e. The Hall–Kier alpha value is -4.73. The normalized spacial score (nSPS) is 27.5. The second-order valence-corrected chi connectivity index (χ2v) is 16.9. The summed E-state index contributed by atoms with van der Waals surface area (Å²) in [5.74, 6) is -3.21. The maximum atomic E-state index is 14.3. The summed E-state index contributed by atoms with van der Waals surface area (Å²) in [6.07, 6.45) is 9.49. The molecule has 2 saturated carbocycles. The molecule has 4 aliphatic rings. The van der Waals surface area contributed by atoms with E-state index in [9.17, 15) is 32.4 Å². The van der Waals surface area contributed by atoms with E-state index in [1.165, 1.54) is 4.90 Å². The summed E-state index contributed by atoms with van der Waals surface area (Å²) in [4.78, 5) is 69.6. The van der Waals surface area contributed by atoms with Crippen LogP contribution in [0.2, 0.25) is 0 Å². The summed E-state index contributed by atoms with van der Waals surface area (Å²) in [6, 6.07) is 6.12. The molecule has 15 nitrogen and oxygen atoms in total. The minimum atomic E-state index is -3.91. The van der Waals surface area contributed by atoms with Crippen LogP contribution in [0.25, 0.3) is 5.69 Å². The molecule has 0 unspecified atom stereocenters. The summed E-state index contributed by atoms with van der Waals surface area (Å²) in [7, 11) is -3.91. The highest BCUT2D eigenvalue weighted by Gasteiger charge is 2.62. The summed E-state index contributed by atoms with van der Waals surface area (Å²) in [5, 5.41) is 9.02. The van der Waals surface area contributed by atoms with E-state index in [2.05, 4.69) is 20.5 Å². The number of carbonyl (C=O) groups is 5. The van der Waals surface area contributed by atoms with Gasteiger partial charge in [0.25, 0.3) is 5.91 Å². The topological polar surface area (TPSA) is 195 Å². The summed E-state index contributed by atoms with van der Waals surface area (Å²) in [5.41, 5.74) is -1.38. The van der Waals surface area contributed by atoms with Crippen LogP contribution < -0.4 is 15.4 Å². The van der Waals surface area contributed by atoms with Crippen molar-refractivity contribution in [2.75, 3.05) is 6.54 Å². The maximum absolute atomic E-state index is 14.3. The molecule has 2 aliphatic heterocycles. The fourth-order valence-corrected chi connectivity index (χ4v) is 8.05. The Morgan fingerprint density at radius 3 is 2.46 bits per heavy atom. The molecular weight excluding hydrogens is 692 g/mol. The van der Waals surface area contributed by atoms with Gasteiger partial charge < -0.3 is 25.0 Å². The van der Waals surface area contributed by atoms with Crippen LogP contribution in [0.15, 0.2) is 54.9 Å².